The molecule has 1 atom stereocenters. The molecule has 2 aromatic heterocycles. The van der Waals surface area contributed by atoms with E-state index in [1.165, 1.54) is 35.6 Å². The molecule has 0 saturated heterocycles. The summed E-state index contributed by atoms with van der Waals surface area (Å²) in [5, 5.41) is 5.78. The number of carbonyl (C=O) groups excluding carboxylic acids is 1. The number of esters is 1. The van der Waals surface area contributed by atoms with E-state index in [9.17, 15) is 13.2 Å². The van der Waals surface area contributed by atoms with Crippen LogP contribution in [0, 0.1) is 0 Å². The lowest BCUT2D eigenvalue weighted by Gasteiger charge is -2.12. The molecular formula is C20H23N3O5S2. The Balaban J connectivity index is 1.70. The number of aromatic nitrogens is 2. The van der Waals surface area contributed by atoms with Crippen molar-refractivity contribution >= 4 is 27.3 Å². The molecule has 3 aromatic rings. The average Bonchev–Trinajstić information content (AvgIpc) is 3.38. The maximum Gasteiger partial charge on any atom is 0.338 e. The molecule has 0 saturated carbocycles. The number of nitrogens with one attached hydrogen (secondary N) is 1. The number of sulfonamides is 1. The maximum absolute atomic E-state index is 12.6. The summed E-state index contributed by atoms with van der Waals surface area (Å²) in [7, 11) is -3.78. The molecule has 10 heteroatoms. The lowest BCUT2D eigenvalue weighted by atomic mass is 9.96. The Morgan fingerprint density at radius 3 is 2.67 bits per heavy atom. The van der Waals surface area contributed by atoms with Gasteiger partial charge in [-0.15, -0.1) is 11.3 Å². The minimum atomic E-state index is -3.78. The maximum atomic E-state index is 12.6. The smallest absolute Gasteiger partial charge is 0.338 e. The third-order valence-electron chi connectivity index (χ3n) is 4.14. The summed E-state index contributed by atoms with van der Waals surface area (Å²) in [4.78, 5) is 17.7. The summed E-state index contributed by atoms with van der Waals surface area (Å²) >= 11 is 1.45. The molecule has 3 rings (SSSR count). The minimum absolute atomic E-state index is 0.0195. The van der Waals surface area contributed by atoms with Gasteiger partial charge in [0.05, 0.1) is 10.5 Å². The largest absolute Gasteiger partial charge is 0.449 e. The van der Waals surface area contributed by atoms with Gasteiger partial charge in [0.15, 0.2) is 11.9 Å². The van der Waals surface area contributed by atoms with Gasteiger partial charge in [0.2, 0.25) is 10.0 Å². The Bertz CT molecular complexity index is 1120. The van der Waals surface area contributed by atoms with Gasteiger partial charge in [0, 0.05) is 16.8 Å². The van der Waals surface area contributed by atoms with Crippen molar-refractivity contribution in [2.24, 2.45) is 0 Å². The highest BCUT2D eigenvalue weighted by Crippen LogP contribution is 2.23. The van der Waals surface area contributed by atoms with Crippen LogP contribution in [-0.4, -0.2) is 24.5 Å². The van der Waals surface area contributed by atoms with Gasteiger partial charge in [-0.3, -0.25) is 0 Å². The number of hydrogen-bond donors (Lipinski definition) is 1. The fourth-order valence-corrected chi connectivity index (χ4v) is 4.22. The summed E-state index contributed by atoms with van der Waals surface area (Å²) in [5.41, 5.74) is -0.194. The van der Waals surface area contributed by atoms with E-state index in [1.54, 1.807) is 6.92 Å². The number of carbonyl (C=O) groups is 1. The lowest BCUT2D eigenvalue weighted by Crippen LogP contribution is -2.23. The molecule has 1 aromatic carbocycles. The zero-order valence-electron chi connectivity index (χ0n) is 17.1. The van der Waals surface area contributed by atoms with E-state index < -0.39 is 22.1 Å². The second kappa shape index (κ2) is 8.66. The van der Waals surface area contributed by atoms with Crippen LogP contribution < -0.4 is 4.72 Å². The molecular weight excluding hydrogens is 426 g/mol. The monoisotopic (exact) mass is 449 g/mol. The Morgan fingerprint density at radius 1 is 1.27 bits per heavy atom. The molecule has 0 fully saturated rings. The third-order valence-corrected chi connectivity index (χ3v) is 6.42. The number of hydrogen-bond acceptors (Lipinski definition) is 8. The fraction of sp³-hybridized carbons (Fsp3) is 0.350. The predicted octanol–water partition coefficient (Wildman–Crippen LogP) is 3.83. The topological polar surface area (TPSA) is 111 Å². The van der Waals surface area contributed by atoms with Crippen molar-refractivity contribution in [3.05, 3.63) is 63.9 Å². The van der Waals surface area contributed by atoms with E-state index in [4.69, 9.17) is 9.26 Å². The van der Waals surface area contributed by atoms with E-state index >= 15 is 0 Å². The van der Waals surface area contributed by atoms with E-state index in [0.29, 0.717) is 5.82 Å². The first-order chi connectivity index (χ1) is 14.1. The SMILES string of the molecule is CC(OC(=O)c1cccc(S(=O)(=O)NCc2cccs2)c1)c1nc(C(C)(C)C)no1. The molecule has 0 aliphatic heterocycles. The summed E-state index contributed by atoms with van der Waals surface area (Å²) in [5.74, 6) is -0.00622. The van der Waals surface area contributed by atoms with Crippen LogP contribution in [-0.2, 0) is 26.7 Å². The number of ether oxygens (including phenoxy) is 1. The molecule has 0 amide bonds. The van der Waals surface area contributed by atoms with E-state index in [-0.39, 0.29) is 28.3 Å². The second-order valence-corrected chi connectivity index (χ2v) is 10.5. The van der Waals surface area contributed by atoms with Crippen LogP contribution >= 0.6 is 11.3 Å². The van der Waals surface area contributed by atoms with Gasteiger partial charge >= 0.3 is 5.97 Å². The van der Waals surface area contributed by atoms with E-state index in [1.807, 2.05) is 38.3 Å². The third kappa shape index (κ3) is 5.32. The lowest BCUT2D eigenvalue weighted by molar-refractivity contribution is 0.0265. The van der Waals surface area contributed by atoms with Gasteiger partial charge in [-0.05, 0) is 36.6 Å². The van der Waals surface area contributed by atoms with Crippen molar-refractivity contribution in [1.29, 1.82) is 0 Å². The number of thiophene rings is 1. The Kier molecular flexibility index (Phi) is 6.39. The van der Waals surface area contributed by atoms with Crippen LogP contribution in [0.4, 0.5) is 0 Å². The average molecular weight is 450 g/mol. The number of nitrogens with zero attached hydrogens (tertiary/aromatic N) is 2. The van der Waals surface area contributed by atoms with Crippen molar-refractivity contribution in [3.63, 3.8) is 0 Å². The van der Waals surface area contributed by atoms with Crippen LogP contribution in [0.3, 0.4) is 0 Å². The molecule has 1 N–H and O–H groups in total. The van der Waals surface area contributed by atoms with Crippen LogP contribution in [0.15, 0.2) is 51.2 Å². The van der Waals surface area contributed by atoms with Crippen LogP contribution in [0.2, 0.25) is 0 Å². The highest BCUT2D eigenvalue weighted by Gasteiger charge is 2.25. The molecule has 0 aliphatic carbocycles. The van der Waals surface area contributed by atoms with Gasteiger partial charge in [-0.25, -0.2) is 17.9 Å². The minimum Gasteiger partial charge on any atom is -0.449 e. The first-order valence-electron chi connectivity index (χ1n) is 9.23. The zero-order valence-corrected chi connectivity index (χ0v) is 18.7. The second-order valence-electron chi connectivity index (χ2n) is 7.69. The Labute approximate surface area is 179 Å². The molecule has 1 unspecified atom stereocenters. The molecule has 0 bridgehead atoms. The van der Waals surface area contributed by atoms with Gasteiger partial charge in [-0.2, -0.15) is 4.98 Å². The van der Waals surface area contributed by atoms with Crippen molar-refractivity contribution in [2.75, 3.05) is 0 Å². The fourth-order valence-electron chi connectivity index (χ4n) is 2.44. The van der Waals surface area contributed by atoms with Gasteiger partial charge in [-0.1, -0.05) is 38.1 Å². The quantitative estimate of drug-likeness (QED) is 0.546. The zero-order chi connectivity index (χ0) is 21.9. The van der Waals surface area contributed by atoms with Crippen molar-refractivity contribution in [2.45, 2.75) is 50.7 Å². The van der Waals surface area contributed by atoms with E-state index in [2.05, 4.69) is 14.9 Å². The molecule has 0 radical (unpaired) electrons. The van der Waals surface area contributed by atoms with Crippen LogP contribution in [0.25, 0.3) is 0 Å². The normalized spacial score (nSPS) is 13.2. The van der Waals surface area contributed by atoms with Crippen molar-refractivity contribution in [1.82, 2.24) is 14.9 Å². The van der Waals surface area contributed by atoms with Crippen molar-refractivity contribution < 1.29 is 22.5 Å². The first kappa shape index (κ1) is 22.1. The highest BCUT2D eigenvalue weighted by molar-refractivity contribution is 7.89. The van der Waals surface area contributed by atoms with Gasteiger partial charge in [0.25, 0.3) is 5.89 Å². The molecule has 0 aliphatic rings. The standard InChI is InChI=1S/C20H23N3O5S2/c1-13(17-22-19(23-28-17)20(2,3)4)27-18(24)14-7-5-9-16(11-14)30(25,26)21-12-15-8-6-10-29-15/h5-11,13,21H,12H2,1-4H3. The van der Waals surface area contributed by atoms with Gasteiger partial charge in [0.1, 0.15) is 0 Å². The van der Waals surface area contributed by atoms with Crippen molar-refractivity contribution in [3.8, 4) is 0 Å². The molecule has 2 heterocycles. The highest BCUT2D eigenvalue weighted by atomic mass is 32.2. The number of benzene rings is 1. The summed E-state index contributed by atoms with van der Waals surface area (Å²) in [6, 6.07) is 9.36. The first-order valence-corrected chi connectivity index (χ1v) is 11.6. The summed E-state index contributed by atoms with van der Waals surface area (Å²) in [6.45, 7) is 7.62. The molecule has 30 heavy (non-hydrogen) atoms. The molecule has 8 nitrogen and oxygen atoms in total. The van der Waals surface area contributed by atoms with Gasteiger partial charge < -0.3 is 9.26 Å². The predicted molar refractivity (Wildman–Crippen MR) is 112 cm³/mol. The summed E-state index contributed by atoms with van der Waals surface area (Å²) < 4.78 is 38.2. The van der Waals surface area contributed by atoms with Crippen LogP contribution in [0.1, 0.15) is 60.7 Å². The number of rotatable bonds is 7. The van der Waals surface area contributed by atoms with Crippen LogP contribution in [0.5, 0.6) is 0 Å². The van der Waals surface area contributed by atoms with E-state index in [0.717, 1.165) is 4.88 Å². The summed E-state index contributed by atoms with van der Waals surface area (Å²) in [6.07, 6.45) is -0.779. The molecule has 0 spiro atoms. The Morgan fingerprint density at radius 2 is 2.03 bits per heavy atom. The molecule has 160 valence electrons. The Hall–Kier alpha value is -2.56.